The zero-order chi connectivity index (χ0) is 9.40. The Hall–Kier alpha value is -1.51. The van der Waals surface area contributed by atoms with Gasteiger partial charge in [0.2, 0.25) is 6.41 Å². The standard InChI is InChI=1S/C7H8N2O.C2H6/c8-6-1-3-7(4-2-6)9-5-10;1-2/h1-5H,8H2,(H,9,10);1-2H3. The van der Waals surface area contributed by atoms with Crippen molar-refractivity contribution in [1.29, 1.82) is 0 Å². The lowest BCUT2D eigenvalue weighted by molar-refractivity contribution is -0.105. The van der Waals surface area contributed by atoms with Crippen LogP contribution in [0.15, 0.2) is 24.3 Å². The number of hydrogen-bond acceptors (Lipinski definition) is 2. The van der Waals surface area contributed by atoms with E-state index in [1.54, 1.807) is 24.3 Å². The molecule has 0 aliphatic heterocycles. The largest absolute Gasteiger partial charge is 0.399 e. The Bertz CT molecular complexity index is 218. The number of nitrogens with one attached hydrogen (secondary N) is 1. The molecule has 1 aromatic rings. The second-order valence-electron chi connectivity index (χ2n) is 1.88. The van der Waals surface area contributed by atoms with Crippen LogP contribution in [0.25, 0.3) is 0 Å². The Morgan fingerprint density at radius 1 is 1.25 bits per heavy atom. The molecule has 1 aromatic carbocycles. The average molecular weight is 166 g/mol. The molecule has 3 nitrogen and oxygen atoms in total. The number of rotatable bonds is 2. The predicted octanol–water partition coefficient (Wildman–Crippen LogP) is 1.86. The van der Waals surface area contributed by atoms with Gasteiger partial charge < -0.3 is 11.1 Å². The zero-order valence-electron chi connectivity index (χ0n) is 7.37. The summed E-state index contributed by atoms with van der Waals surface area (Å²) in [6.07, 6.45) is 0.630. The molecule has 0 aliphatic carbocycles. The number of anilines is 2. The van der Waals surface area contributed by atoms with E-state index in [0.29, 0.717) is 12.1 Å². The molecule has 0 aromatic heterocycles. The van der Waals surface area contributed by atoms with Gasteiger partial charge in [-0.25, -0.2) is 0 Å². The first-order valence-corrected chi connectivity index (χ1v) is 3.88. The summed E-state index contributed by atoms with van der Waals surface area (Å²) >= 11 is 0. The molecule has 0 heterocycles. The predicted molar refractivity (Wildman–Crippen MR) is 51.9 cm³/mol. The third-order valence-electron chi connectivity index (χ3n) is 1.14. The monoisotopic (exact) mass is 166 g/mol. The molecule has 0 atom stereocenters. The van der Waals surface area contributed by atoms with Crippen molar-refractivity contribution >= 4 is 17.8 Å². The van der Waals surface area contributed by atoms with E-state index in [1.165, 1.54) is 0 Å². The summed E-state index contributed by atoms with van der Waals surface area (Å²) < 4.78 is 0. The summed E-state index contributed by atoms with van der Waals surface area (Å²) in [5.74, 6) is 0. The van der Waals surface area contributed by atoms with Crippen LogP contribution in [-0.2, 0) is 4.79 Å². The van der Waals surface area contributed by atoms with Gasteiger partial charge in [-0.05, 0) is 24.3 Å². The van der Waals surface area contributed by atoms with Gasteiger partial charge in [0.1, 0.15) is 0 Å². The molecule has 0 saturated heterocycles. The van der Waals surface area contributed by atoms with E-state index in [9.17, 15) is 4.79 Å². The molecule has 3 N–H and O–H groups in total. The van der Waals surface area contributed by atoms with Crippen LogP contribution >= 0.6 is 0 Å². The first-order chi connectivity index (χ1) is 5.83. The molecule has 1 amide bonds. The fraction of sp³-hybridized carbons (Fsp3) is 0.222. The van der Waals surface area contributed by atoms with Crippen LogP contribution in [0.2, 0.25) is 0 Å². The van der Waals surface area contributed by atoms with Gasteiger partial charge in [-0.1, -0.05) is 13.8 Å². The highest BCUT2D eigenvalue weighted by Crippen LogP contribution is 2.08. The smallest absolute Gasteiger partial charge is 0.211 e. The van der Waals surface area contributed by atoms with Crippen molar-refractivity contribution < 1.29 is 4.79 Å². The summed E-state index contributed by atoms with van der Waals surface area (Å²) in [7, 11) is 0. The maximum Gasteiger partial charge on any atom is 0.211 e. The molecule has 0 aliphatic rings. The number of amides is 1. The molecule has 0 spiro atoms. The average Bonchev–Trinajstić information content (AvgIpc) is 2.13. The Kier molecular flexibility index (Phi) is 5.43. The Labute approximate surface area is 72.6 Å². The van der Waals surface area contributed by atoms with Crippen molar-refractivity contribution in [3.8, 4) is 0 Å². The van der Waals surface area contributed by atoms with E-state index < -0.39 is 0 Å². The topological polar surface area (TPSA) is 55.1 Å². The van der Waals surface area contributed by atoms with Crippen molar-refractivity contribution in [2.45, 2.75) is 13.8 Å². The molecule has 1 rings (SSSR count). The number of nitrogens with two attached hydrogens (primary N) is 1. The van der Waals surface area contributed by atoms with Crippen molar-refractivity contribution in [2.24, 2.45) is 0 Å². The lowest BCUT2D eigenvalue weighted by atomic mass is 10.3. The van der Waals surface area contributed by atoms with Crippen LogP contribution < -0.4 is 11.1 Å². The normalized spacial score (nSPS) is 7.83. The SMILES string of the molecule is CC.Nc1ccc(NC=O)cc1. The minimum atomic E-state index is 0.630. The summed E-state index contributed by atoms with van der Waals surface area (Å²) in [5, 5.41) is 2.50. The van der Waals surface area contributed by atoms with E-state index in [2.05, 4.69) is 5.32 Å². The third-order valence-corrected chi connectivity index (χ3v) is 1.14. The number of benzene rings is 1. The van der Waals surface area contributed by atoms with E-state index in [1.807, 2.05) is 13.8 Å². The second-order valence-corrected chi connectivity index (χ2v) is 1.88. The first kappa shape index (κ1) is 10.5. The summed E-state index contributed by atoms with van der Waals surface area (Å²) in [6, 6.07) is 6.94. The van der Waals surface area contributed by atoms with Crippen molar-refractivity contribution in [3.63, 3.8) is 0 Å². The number of carbonyl (C=O) groups excluding carboxylic acids is 1. The minimum absolute atomic E-state index is 0.630. The summed E-state index contributed by atoms with van der Waals surface area (Å²) in [6.45, 7) is 4.00. The molecule has 66 valence electrons. The van der Waals surface area contributed by atoms with Crippen LogP contribution in [-0.4, -0.2) is 6.41 Å². The Morgan fingerprint density at radius 2 is 1.75 bits per heavy atom. The molecule has 0 fully saturated rings. The van der Waals surface area contributed by atoms with E-state index in [-0.39, 0.29) is 0 Å². The van der Waals surface area contributed by atoms with Gasteiger partial charge >= 0.3 is 0 Å². The highest BCUT2D eigenvalue weighted by molar-refractivity contribution is 5.71. The third kappa shape index (κ3) is 3.61. The van der Waals surface area contributed by atoms with E-state index in [4.69, 9.17) is 5.73 Å². The lowest BCUT2D eigenvalue weighted by Gasteiger charge is -1.96. The molecular formula is C9H14N2O. The molecule has 0 saturated carbocycles. The first-order valence-electron chi connectivity index (χ1n) is 3.88. The van der Waals surface area contributed by atoms with E-state index >= 15 is 0 Å². The lowest BCUT2D eigenvalue weighted by Crippen LogP contribution is -1.93. The van der Waals surface area contributed by atoms with E-state index in [0.717, 1.165) is 5.69 Å². The van der Waals surface area contributed by atoms with Crippen molar-refractivity contribution in [2.75, 3.05) is 11.1 Å². The quantitative estimate of drug-likeness (QED) is 0.520. The second kappa shape index (κ2) is 6.22. The molecule has 3 heteroatoms. The number of hydrogen-bond donors (Lipinski definition) is 2. The van der Waals surface area contributed by atoms with Crippen LogP contribution in [0.3, 0.4) is 0 Å². The van der Waals surface area contributed by atoms with Crippen molar-refractivity contribution in [1.82, 2.24) is 0 Å². The molecule has 0 unspecified atom stereocenters. The fourth-order valence-corrected chi connectivity index (χ4v) is 0.647. The van der Waals surface area contributed by atoms with Crippen LogP contribution in [0.5, 0.6) is 0 Å². The van der Waals surface area contributed by atoms with Gasteiger partial charge in [-0.2, -0.15) is 0 Å². The van der Waals surface area contributed by atoms with Gasteiger partial charge in [0.05, 0.1) is 0 Å². The maximum atomic E-state index is 9.92. The molecular weight excluding hydrogens is 152 g/mol. The van der Waals surface area contributed by atoms with Gasteiger partial charge in [0.15, 0.2) is 0 Å². The van der Waals surface area contributed by atoms with Crippen LogP contribution in [0.4, 0.5) is 11.4 Å². The zero-order valence-corrected chi connectivity index (χ0v) is 7.37. The number of nitrogen functional groups attached to an aromatic ring is 1. The van der Waals surface area contributed by atoms with Gasteiger partial charge in [0.25, 0.3) is 0 Å². The van der Waals surface area contributed by atoms with Gasteiger partial charge in [-0.3, -0.25) is 4.79 Å². The Balaban J connectivity index is 0.000000561. The van der Waals surface area contributed by atoms with Crippen LogP contribution in [0, 0.1) is 0 Å². The Morgan fingerprint density at radius 3 is 2.17 bits per heavy atom. The summed E-state index contributed by atoms with van der Waals surface area (Å²) in [5.41, 5.74) is 6.85. The van der Waals surface area contributed by atoms with Crippen molar-refractivity contribution in [3.05, 3.63) is 24.3 Å². The highest BCUT2D eigenvalue weighted by Gasteiger charge is 1.86. The van der Waals surface area contributed by atoms with Crippen LogP contribution in [0.1, 0.15) is 13.8 Å². The maximum absolute atomic E-state index is 9.92. The van der Waals surface area contributed by atoms with Gasteiger partial charge in [-0.15, -0.1) is 0 Å². The summed E-state index contributed by atoms with van der Waals surface area (Å²) in [4.78, 5) is 9.92. The van der Waals surface area contributed by atoms with Gasteiger partial charge in [0, 0.05) is 11.4 Å². The molecule has 0 radical (unpaired) electrons. The molecule has 0 bridgehead atoms. The molecule has 12 heavy (non-hydrogen) atoms. The fourth-order valence-electron chi connectivity index (χ4n) is 0.647. The minimum Gasteiger partial charge on any atom is -0.399 e. The highest BCUT2D eigenvalue weighted by atomic mass is 16.1. The number of carbonyl (C=O) groups is 1.